The highest BCUT2D eigenvalue weighted by atomic mass is 16.5. The Morgan fingerprint density at radius 3 is 2.45 bits per heavy atom. The van der Waals surface area contributed by atoms with Gasteiger partial charge in [-0.2, -0.15) is 0 Å². The molecule has 0 unspecified atom stereocenters. The van der Waals surface area contributed by atoms with Crippen molar-refractivity contribution in [3.63, 3.8) is 0 Å². The van der Waals surface area contributed by atoms with E-state index >= 15 is 0 Å². The van der Waals surface area contributed by atoms with Crippen LogP contribution in [-0.4, -0.2) is 23.6 Å². The van der Waals surface area contributed by atoms with Crippen LogP contribution >= 0.6 is 0 Å². The molecule has 0 bridgehead atoms. The van der Waals surface area contributed by atoms with Crippen LogP contribution < -0.4 is 14.0 Å². The first-order valence-electron chi connectivity index (χ1n) is 10.7. The molecule has 5 nitrogen and oxygen atoms in total. The lowest BCUT2D eigenvalue weighted by molar-refractivity contribution is -0.687. The minimum Gasteiger partial charge on any atom is -0.492 e. The highest BCUT2D eigenvalue weighted by molar-refractivity contribution is 5.99. The average Bonchev–Trinajstić information content (AvgIpc) is 3.54. The molecule has 0 amide bonds. The largest absolute Gasteiger partial charge is 0.492 e. The van der Waals surface area contributed by atoms with Gasteiger partial charge in [0.15, 0.2) is 6.54 Å². The zero-order valence-corrected chi connectivity index (χ0v) is 17.2. The Kier molecular flexibility index (Phi) is 4.27. The molecular formula is C26H23N2O3+. The van der Waals surface area contributed by atoms with Crippen LogP contribution in [0.2, 0.25) is 0 Å². The van der Waals surface area contributed by atoms with Gasteiger partial charge in [0.05, 0.1) is 18.8 Å². The fourth-order valence-electron chi connectivity index (χ4n) is 4.66. The lowest BCUT2D eigenvalue weighted by Gasteiger charge is -2.11. The summed E-state index contributed by atoms with van der Waals surface area (Å²) in [6.45, 7) is 2.44. The van der Waals surface area contributed by atoms with Crippen molar-refractivity contribution in [3.8, 4) is 11.5 Å². The molecule has 0 atom stereocenters. The van der Waals surface area contributed by atoms with E-state index < -0.39 is 0 Å². The number of aromatic nitrogens is 2. The molecule has 0 saturated heterocycles. The van der Waals surface area contributed by atoms with Gasteiger partial charge in [-0.15, -0.1) is 0 Å². The number of nitrogens with zero attached hydrogens (tertiary/aromatic N) is 2. The van der Waals surface area contributed by atoms with Crippen molar-refractivity contribution in [2.75, 3.05) is 13.2 Å². The van der Waals surface area contributed by atoms with Gasteiger partial charge in [-0.25, -0.2) is 9.13 Å². The summed E-state index contributed by atoms with van der Waals surface area (Å²) < 4.78 is 15.9. The molecule has 0 N–H and O–H groups in total. The molecule has 0 spiro atoms. The zero-order chi connectivity index (χ0) is 20.8. The van der Waals surface area contributed by atoms with Crippen LogP contribution in [0.4, 0.5) is 0 Å². The SMILES string of the molecule is O=C(Cn1cc[n+](Cc2c3c(cc4c2OCC4)CCO3)c1)c1ccc2ccccc2c1. The van der Waals surface area contributed by atoms with Crippen molar-refractivity contribution < 1.29 is 18.8 Å². The maximum absolute atomic E-state index is 12.9. The molecule has 2 aliphatic rings. The fourth-order valence-corrected chi connectivity index (χ4v) is 4.66. The number of ether oxygens (including phenoxy) is 2. The van der Waals surface area contributed by atoms with Crippen LogP contribution in [0.15, 0.2) is 67.3 Å². The normalized spacial score (nSPS) is 14.2. The van der Waals surface area contributed by atoms with Gasteiger partial charge in [0.25, 0.3) is 0 Å². The van der Waals surface area contributed by atoms with E-state index in [-0.39, 0.29) is 5.78 Å². The summed E-state index contributed by atoms with van der Waals surface area (Å²) in [4.78, 5) is 12.9. The summed E-state index contributed by atoms with van der Waals surface area (Å²) in [5.74, 6) is 2.06. The van der Waals surface area contributed by atoms with Gasteiger partial charge in [-0.1, -0.05) is 36.4 Å². The third-order valence-corrected chi connectivity index (χ3v) is 6.20. The summed E-state index contributed by atoms with van der Waals surface area (Å²) >= 11 is 0. The zero-order valence-electron chi connectivity index (χ0n) is 17.2. The van der Waals surface area contributed by atoms with Gasteiger partial charge < -0.3 is 9.47 Å². The quantitative estimate of drug-likeness (QED) is 0.371. The van der Waals surface area contributed by atoms with E-state index in [9.17, 15) is 4.79 Å². The highest BCUT2D eigenvalue weighted by Gasteiger charge is 2.28. The number of benzene rings is 3. The molecule has 3 heterocycles. The molecule has 3 aromatic carbocycles. The van der Waals surface area contributed by atoms with E-state index in [4.69, 9.17) is 9.47 Å². The van der Waals surface area contributed by atoms with E-state index in [1.807, 2.05) is 59.7 Å². The summed E-state index contributed by atoms with van der Waals surface area (Å²) in [5.41, 5.74) is 4.42. The van der Waals surface area contributed by atoms with Crippen LogP contribution in [0.1, 0.15) is 27.0 Å². The molecule has 6 rings (SSSR count). The van der Waals surface area contributed by atoms with Crippen molar-refractivity contribution in [1.82, 2.24) is 4.57 Å². The minimum atomic E-state index is 0.0988. The maximum Gasteiger partial charge on any atom is 0.244 e. The van der Waals surface area contributed by atoms with Crippen LogP contribution in [0, 0.1) is 0 Å². The Bertz CT molecular complexity index is 1290. The first-order chi connectivity index (χ1) is 15.2. The second-order valence-electron chi connectivity index (χ2n) is 8.27. The number of ketones is 1. The Morgan fingerprint density at radius 1 is 0.935 bits per heavy atom. The third kappa shape index (κ3) is 3.26. The predicted octanol–water partition coefficient (Wildman–Crippen LogP) is 3.73. The summed E-state index contributed by atoms with van der Waals surface area (Å²) in [7, 11) is 0. The Morgan fingerprint density at radius 2 is 1.68 bits per heavy atom. The second-order valence-corrected chi connectivity index (χ2v) is 8.27. The molecule has 0 aliphatic carbocycles. The average molecular weight is 411 g/mol. The number of imidazole rings is 1. The number of carbonyl (C=O) groups excluding carboxylic acids is 1. The molecule has 4 aromatic rings. The second kappa shape index (κ2) is 7.27. The summed E-state index contributed by atoms with van der Waals surface area (Å²) in [6, 6.07) is 16.2. The first-order valence-corrected chi connectivity index (χ1v) is 10.7. The molecule has 0 radical (unpaired) electrons. The summed E-state index contributed by atoms with van der Waals surface area (Å²) in [5, 5.41) is 2.23. The van der Waals surface area contributed by atoms with E-state index in [0.717, 1.165) is 59.5 Å². The molecule has 2 aliphatic heterocycles. The topological polar surface area (TPSA) is 44.3 Å². The number of Topliss-reactive ketones (excluding diaryl/α,β-unsaturated/α-hetero) is 1. The van der Waals surface area contributed by atoms with E-state index in [2.05, 4.69) is 16.7 Å². The van der Waals surface area contributed by atoms with Gasteiger partial charge >= 0.3 is 0 Å². The van der Waals surface area contributed by atoms with Crippen molar-refractivity contribution in [2.45, 2.75) is 25.9 Å². The van der Waals surface area contributed by atoms with Gasteiger partial charge in [-0.3, -0.25) is 4.79 Å². The molecule has 154 valence electrons. The van der Waals surface area contributed by atoms with E-state index in [0.29, 0.717) is 13.1 Å². The fraction of sp³-hybridized carbons (Fsp3) is 0.231. The Labute approximate surface area is 180 Å². The number of fused-ring (bicyclic) bond motifs is 3. The number of carbonyl (C=O) groups is 1. The lowest BCUT2D eigenvalue weighted by atomic mass is 10.0. The third-order valence-electron chi connectivity index (χ3n) is 6.20. The first kappa shape index (κ1) is 18.2. The van der Waals surface area contributed by atoms with Crippen molar-refractivity contribution in [3.05, 3.63) is 89.5 Å². The number of hydrogen-bond acceptors (Lipinski definition) is 3. The standard InChI is InChI=1S/C26H23N2O3/c29-24(20-6-5-18-3-1-2-4-19(18)13-20)16-28-10-9-27(17-28)15-23-25-21(7-11-30-25)14-22-8-12-31-26(22)23/h1-6,9-10,13-14,17H,7-8,11-12,15-16H2/q+1. The molecule has 31 heavy (non-hydrogen) atoms. The van der Waals surface area contributed by atoms with Crippen LogP contribution in [0.5, 0.6) is 11.5 Å². The maximum atomic E-state index is 12.9. The number of rotatable bonds is 5. The predicted molar refractivity (Wildman–Crippen MR) is 117 cm³/mol. The highest BCUT2D eigenvalue weighted by Crippen LogP contribution is 2.41. The molecule has 0 fully saturated rings. The van der Waals surface area contributed by atoms with Gasteiger partial charge in [0, 0.05) is 18.4 Å². The smallest absolute Gasteiger partial charge is 0.244 e. The van der Waals surface area contributed by atoms with Crippen LogP contribution in [-0.2, 0) is 25.9 Å². The summed E-state index contributed by atoms with van der Waals surface area (Å²) in [6.07, 6.45) is 7.85. The molecule has 0 saturated carbocycles. The molecule has 5 heteroatoms. The van der Waals surface area contributed by atoms with Crippen LogP contribution in [0.25, 0.3) is 10.8 Å². The van der Waals surface area contributed by atoms with Crippen LogP contribution in [0.3, 0.4) is 0 Å². The lowest BCUT2D eigenvalue weighted by Crippen LogP contribution is -2.32. The van der Waals surface area contributed by atoms with Crippen molar-refractivity contribution in [1.29, 1.82) is 0 Å². The van der Waals surface area contributed by atoms with Gasteiger partial charge in [-0.05, 0) is 34.0 Å². The monoisotopic (exact) mass is 411 g/mol. The van der Waals surface area contributed by atoms with Crippen molar-refractivity contribution in [2.24, 2.45) is 0 Å². The van der Waals surface area contributed by atoms with Crippen molar-refractivity contribution >= 4 is 16.6 Å². The Balaban J connectivity index is 1.23. The van der Waals surface area contributed by atoms with Gasteiger partial charge in [0.1, 0.15) is 30.4 Å². The number of hydrogen-bond donors (Lipinski definition) is 0. The Hall–Kier alpha value is -3.60. The molecular weight excluding hydrogens is 388 g/mol. The minimum absolute atomic E-state index is 0.0988. The molecule has 1 aromatic heterocycles. The van der Waals surface area contributed by atoms with Gasteiger partial charge in [0.2, 0.25) is 12.1 Å². The van der Waals surface area contributed by atoms with E-state index in [1.54, 1.807) is 0 Å². The van der Waals surface area contributed by atoms with E-state index in [1.165, 1.54) is 11.1 Å².